The molecule has 1 aliphatic rings. The van der Waals surface area contributed by atoms with Crippen LogP contribution in [0.4, 0.5) is 0 Å². The van der Waals surface area contributed by atoms with Gasteiger partial charge in [-0.3, -0.25) is 4.79 Å². The maximum absolute atomic E-state index is 12.7. The quantitative estimate of drug-likeness (QED) is 0.852. The number of hydrogen-bond donors (Lipinski definition) is 1. The van der Waals surface area contributed by atoms with Gasteiger partial charge in [-0.05, 0) is 12.8 Å². The zero-order valence-electron chi connectivity index (χ0n) is 14.0. The van der Waals surface area contributed by atoms with E-state index in [2.05, 4.69) is 0 Å². The van der Waals surface area contributed by atoms with Gasteiger partial charge in [0.1, 0.15) is 11.8 Å². The smallest absolute Gasteiger partial charge is 0.329 e. The predicted octanol–water partition coefficient (Wildman–Crippen LogP) is 1.39. The summed E-state index contributed by atoms with van der Waals surface area (Å²) in [5.74, 6) is -1.61. The Bertz CT molecular complexity index is 731. The van der Waals surface area contributed by atoms with Crippen molar-refractivity contribution in [2.75, 3.05) is 21.1 Å². The van der Waals surface area contributed by atoms with Crippen LogP contribution in [0.1, 0.15) is 42.5 Å². The molecule has 0 spiro atoms. The maximum Gasteiger partial charge on any atom is 0.329 e. The number of aliphatic carboxylic acids is 1. The van der Waals surface area contributed by atoms with E-state index in [0.717, 1.165) is 35.9 Å². The minimum Gasteiger partial charge on any atom is -0.479 e. The molecule has 1 heterocycles. The van der Waals surface area contributed by atoms with Gasteiger partial charge in [-0.15, -0.1) is 0 Å². The Morgan fingerprint density at radius 1 is 1.17 bits per heavy atom. The topological polar surface area (TPSA) is 108 Å². The number of hydrogen-bond acceptors (Lipinski definition) is 5. The molecule has 8 nitrogen and oxygen atoms in total. The Morgan fingerprint density at radius 2 is 1.75 bits per heavy atom. The fourth-order valence-corrected chi connectivity index (χ4v) is 3.77. The molecule has 0 aliphatic heterocycles. The zero-order valence-corrected chi connectivity index (χ0v) is 14.8. The molecule has 0 aromatic carbocycles. The van der Waals surface area contributed by atoms with Crippen LogP contribution in [0.3, 0.4) is 0 Å². The highest BCUT2D eigenvalue weighted by molar-refractivity contribution is 7.88. The van der Waals surface area contributed by atoms with Gasteiger partial charge in [-0.2, -0.15) is 0 Å². The van der Waals surface area contributed by atoms with Gasteiger partial charge in [0.2, 0.25) is 5.09 Å². The average Bonchev–Trinajstić information content (AvgIpc) is 3.04. The van der Waals surface area contributed by atoms with Crippen LogP contribution >= 0.6 is 0 Å². The molecule has 0 atom stereocenters. The third-order valence-corrected chi connectivity index (χ3v) is 6.27. The SMILES string of the molecule is CN(C(=O)c1coc(S(=O)(=O)N(C)C)c1)C1(C(=O)O)CCCCC1. The van der Waals surface area contributed by atoms with E-state index in [9.17, 15) is 23.1 Å². The molecule has 24 heavy (non-hydrogen) atoms. The van der Waals surface area contributed by atoms with Crippen LogP contribution in [0.25, 0.3) is 0 Å². The molecule has 0 bridgehead atoms. The molecule has 0 radical (unpaired) electrons. The molecule has 1 aliphatic carbocycles. The van der Waals surface area contributed by atoms with Crippen molar-refractivity contribution in [3.05, 3.63) is 17.9 Å². The van der Waals surface area contributed by atoms with E-state index in [1.807, 2.05) is 0 Å². The largest absolute Gasteiger partial charge is 0.479 e. The van der Waals surface area contributed by atoms with E-state index in [-0.39, 0.29) is 10.7 Å². The molecule has 1 saturated carbocycles. The molecular weight excluding hydrogens is 336 g/mol. The Kier molecular flexibility index (Phi) is 5.05. The zero-order chi connectivity index (χ0) is 18.1. The third-order valence-electron chi connectivity index (χ3n) is 4.58. The van der Waals surface area contributed by atoms with Crippen molar-refractivity contribution >= 4 is 21.9 Å². The first kappa shape index (κ1) is 18.5. The number of rotatable bonds is 5. The molecule has 1 N–H and O–H groups in total. The summed E-state index contributed by atoms with van der Waals surface area (Å²) in [6.45, 7) is 0. The van der Waals surface area contributed by atoms with E-state index in [1.54, 1.807) is 0 Å². The van der Waals surface area contributed by atoms with Crippen molar-refractivity contribution in [2.45, 2.75) is 42.7 Å². The fourth-order valence-electron chi connectivity index (χ4n) is 2.96. The molecule has 0 saturated heterocycles. The second kappa shape index (κ2) is 6.56. The molecule has 9 heteroatoms. The predicted molar refractivity (Wildman–Crippen MR) is 85.1 cm³/mol. The van der Waals surface area contributed by atoms with Crippen molar-refractivity contribution < 1.29 is 27.5 Å². The van der Waals surface area contributed by atoms with Crippen LogP contribution in [-0.4, -0.2) is 61.3 Å². The summed E-state index contributed by atoms with van der Waals surface area (Å²) < 4.78 is 30.0. The van der Waals surface area contributed by atoms with Crippen molar-refractivity contribution in [3.8, 4) is 0 Å². The highest BCUT2D eigenvalue weighted by Crippen LogP contribution is 2.34. The second-order valence-corrected chi connectivity index (χ2v) is 8.29. The first-order valence-electron chi connectivity index (χ1n) is 7.65. The summed E-state index contributed by atoms with van der Waals surface area (Å²) >= 11 is 0. The van der Waals surface area contributed by atoms with Gasteiger partial charge in [0.05, 0.1) is 5.56 Å². The molecule has 2 rings (SSSR count). The van der Waals surface area contributed by atoms with Gasteiger partial charge in [-0.1, -0.05) is 19.3 Å². The first-order valence-corrected chi connectivity index (χ1v) is 9.09. The van der Waals surface area contributed by atoms with Crippen LogP contribution in [0.5, 0.6) is 0 Å². The lowest BCUT2D eigenvalue weighted by molar-refractivity contribution is -0.151. The lowest BCUT2D eigenvalue weighted by Crippen LogP contribution is -2.56. The summed E-state index contributed by atoms with van der Waals surface area (Å²) in [7, 11) is 0.355. The number of carbonyl (C=O) groups is 2. The number of likely N-dealkylation sites (N-methyl/N-ethyl adjacent to an activating group) is 1. The lowest BCUT2D eigenvalue weighted by atomic mass is 9.80. The molecule has 1 fully saturated rings. The number of amides is 1. The Hall–Kier alpha value is -1.87. The van der Waals surface area contributed by atoms with Gasteiger partial charge < -0.3 is 14.4 Å². The minimum absolute atomic E-state index is 0.0177. The van der Waals surface area contributed by atoms with Gasteiger partial charge in [0.25, 0.3) is 15.9 Å². The fraction of sp³-hybridized carbons (Fsp3) is 0.600. The van der Waals surface area contributed by atoms with Crippen molar-refractivity contribution in [1.82, 2.24) is 9.21 Å². The second-order valence-electron chi connectivity index (χ2n) is 6.20. The number of furan rings is 1. The Labute approximate surface area is 141 Å². The van der Waals surface area contributed by atoms with E-state index in [4.69, 9.17) is 4.42 Å². The van der Waals surface area contributed by atoms with Gasteiger partial charge in [0, 0.05) is 27.2 Å². The molecule has 1 aromatic rings. The van der Waals surface area contributed by atoms with E-state index < -0.39 is 27.4 Å². The van der Waals surface area contributed by atoms with Crippen LogP contribution in [-0.2, 0) is 14.8 Å². The number of sulfonamides is 1. The Balaban J connectivity index is 2.31. The van der Waals surface area contributed by atoms with E-state index in [1.165, 1.54) is 26.0 Å². The van der Waals surface area contributed by atoms with E-state index >= 15 is 0 Å². The summed E-state index contributed by atoms with van der Waals surface area (Å²) in [6.07, 6.45) is 4.21. The maximum atomic E-state index is 12.7. The third kappa shape index (κ3) is 3.05. The minimum atomic E-state index is -3.79. The van der Waals surface area contributed by atoms with Crippen molar-refractivity contribution in [2.24, 2.45) is 0 Å². The number of carbonyl (C=O) groups excluding carboxylic acids is 1. The van der Waals surface area contributed by atoms with Crippen LogP contribution in [0.2, 0.25) is 0 Å². The normalized spacial score (nSPS) is 17.7. The first-order chi connectivity index (χ1) is 11.1. The molecule has 0 unspecified atom stereocenters. The molecule has 134 valence electrons. The van der Waals surface area contributed by atoms with Crippen LogP contribution < -0.4 is 0 Å². The molecule has 1 amide bonds. The van der Waals surface area contributed by atoms with Gasteiger partial charge >= 0.3 is 5.97 Å². The average molecular weight is 358 g/mol. The highest BCUT2D eigenvalue weighted by atomic mass is 32.2. The summed E-state index contributed by atoms with van der Waals surface area (Å²) in [5.41, 5.74) is -1.24. The van der Waals surface area contributed by atoms with Gasteiger partial charge in [0.15, 0.2) is 0 Å². The van der Waals surface area contributed by atoms with Crippen LogP contribution in [0, 0.1) is 0 Å². The van der Waals surface area contributed by atoms with E-state index in [0.29, 0.717) is 12.8 Å². The highest BCUT2D eigenvalue weighted by Gasteiger charge is 2.46. The molecular formula is C15H22N2O6S. The van der Waals surface area contributed by atoms with Crippen LogP contribution in [0.15, 0.2) is 21.8 Å². The lowest BCUT2D eigenvalue weighted by Gasteiger charge is -2.40. The summed E-state index contributed by atoms with van der Waals surface area (Å²) in [5, 5.41) is 9.29. The monoisotopic (exact) mass is 358 g/mol. The Morgan fingerprint density at radius 3 is 2.25 bits per heavy atom. The number of carboxylic acids is 1. The summed E-state index contributed by atoms with van der Waals surface area (Å²) in [6, 6.07) is 1.13. The summed E-state index contributed by atoms with van der Waals surface area (Å²) in [4.78, 5) is 25.6. The van der Waals surface area contributed by atoms with Crippen molar-refractivity contribution in [1.29, 1.82) is 0 Å². The number of nitrogens with zero attached hydrogens (tertiary/aromatic N) is 2. The van der Waals surface area contributed by atoms with Crippen molar-refractivity contribution in [3.63, 3.8) is 0 Å². The number of carboxylic acid groups (broad SMARTS) is 1. The standard InChI is InChI=1S/C15H22N2O6S/c1-16(2)24(21,22)12-9-11(10-23-12)13(18)17(3)15(14(19)20)7-5-4-6-8-15/h9-10H,4-8H2,1-3H3,(H,19,20). The molecule has 1 aromatic heterocycles. The van der Waals surface area contributed by atoms with Gasteiger partial charge in [-0.25, -0.2) is 17.5 Å².